The number of aromatic nitrogens is 16. The number of rotatable bonds is 52. The van der Waals surface area contributed by atoms with Crippen molar-refractivity contribution in [2.45, 2.75) is 189 Å². The number of hydrogen-bond donors (Lipinski definition) is 13. The maximum Gasteiger partial charge on any atom is 0.472 e. The average Bonchev–Trinajstić information content (AvgIpc) is 1.60. The van der Waals surface area contributed by atoms with Crippen LogP contribution in [-0.4, -0.2) is 331 Å². The number of aliphatic hydroxyl groups is 1. The van der Waals surface area contributed by atoms with Gasteiger partial charge in [-0.1, -0.05) is 43.7 Å². The molecule has 8 aromatic rings. The van der Waals surface area contributed by atoms with Crippen LogP contribution in [-0.2, 0) is 144 Å². The third kappa shape index (κ3) is 26.9. The summed E-state index contributed by atoms with van der Waals surface area (Å²) in [6.07, 6.45) is -29.5. The zero-order valence-corrected chi connectivity index (χ0v) is 86.1. The fraction of sp³-hybridized carbons (Fsp3) is 0.658. The lowest BCUT2D eigenvalue weighted by atomic mass is 10.1. The van der Waals surface area contributed by atoms with Crippen LogP contribution in [0.5, 0.6) is 0 Å². The van der Waals surface area contributed by atoms with Crippen LogP contribution in [0.1, 0.15) is 79.4 Å². The normalized spacial score (nSPS) is 29.2. The number of nitrogens with zero attached hydrogens (tertiary/aromatic N) is 13. The smallest absolute Gasteiger partial charge is 0.387 e. The molecule has 28 atom stereocenters. The van der Waals surface area contributed by atoms with E-state index in [1.54, 1.807) is 20.8 Å². The van der Waals surface area contributed by atoms with Gasteiger partial charge in [-0.3, -0.25) is 102 Å². The van der Waals surface area contributed by atoms with Crippen molar-refractivity contribution in [1.82, 2.24) is 77.2 Å². The quantitative estimate of drug-likeness (QED) is 0.0137. The molecule has 61 nitrogen and oxygen atoms in total. The Kier molecular flexibility index (Phi) is 37.9. The number of aromatic amines is 3. The summed E-state index contributed by atoms with van der Waals surface area (Å²) in [5.74, 6) is -0.699. The summed E-state index contributed by atoms with van der Waals surface area (Å²) >= 11 is 13.1. The number of anilines is 4. The standard InChI is InChI=1S/C76H111N20O41P5S3/c1-11-39-40(22-46(127-39)91-23-35(2)59(77)85-73(91)101)133-140(109,143)125-30-44-51(55(118-18-13-113-7)68(129-44)93-25-37(4)64(98)89-75(93)103)135-138(105,106)122-28-42-50(56(119-19-14-114-8)70(131-42)95-33-83-47-61(79)81-32-82-62(47)95)134-139(107,108)123-29-43-52(58(121-21-16-116-10)71(132-43)96-34-84-48-63(96)87-72(80)88-66(48)100)136-142(111,145)126-31-45-53(57(120-20-15-115-9)69(130-45)94-26-38(5)65(99)90-76(94)104)137-141(110,144)124-27-41-49(97)54(117-17-12-112-6)67(128-41)92-24-36(3)60(78)86-74(92)102/h23-26,32-34,39-46,49-58,67-71,97H,11-22,27-31H2,1-10H3,(H,105,106)(H,107,108)(H,109,143)(H,110,144)(H,111,145)(H2,77,85,101)(H2,78,86,102)(H2,79,81,82)(H,89,98,103)(H,90,99,104)(H3,80,87,88,100)/t39-,40?,41-,42-,43-,44-,45-,46-,49?,50?,51?,52?,53?,54+,55+,56+,57+,58+,67-,68-,69-,70-,71-,140?,141?,142?/m1/s1. The molecule has 14 rings (SSSR count). The van der Waals surface area contributed by atoms with Gasteiger partial charge >= 0.3 is 58.8 Å². The van der Waals surface area contributed by atoms with Gasteiger partial charge in [0.1, 0.15) is 121 Å². The van der Waals surface area contributed by atoms with Gasteiger partial charge in [-0.25, -0.2) is 61.9 Å². The summed E-state index contributed by atoms with van der Waals surface area (Å²) < 4.78 is 239. The molecule has 6 fully saturated rings. The van der Waals surface area contributed by atoms with Gasteiger partial charge in [-0.2, -0.15) is 15.0 Å². The fourth-order valence-electron chi connectivity index (χ4n) is 16.5. The highest BCUT2D eigenvalue weighted by Crippen LogP contribution is 2.62. The number of ether oxygens (including phenoxy) is 16. The van der Waals surface area contributed by atoms with Gasteiger partial charge in [0, 0.05) is 89.0 Å². The maximum absolute atomic E-state index is 15.7. The number of thiol groups is 3. The van der Waals surface area contributed by atoms with Crippen molar-refractivity contribution in [3.63, 3.8) is 0 Å². The monoisotopic (exact) mass is 2210 g/mol. The van der Waals surface area contributed by atoms with Gasteiger partial charge in [0.15, 0.2) is 53.8 Å². The Morgan fingerprint density at radius 2 is 0.759 bits per heavy atom. The zero-order valence-electron chi connectivity index (χ0n) is 78.9. The Balaban J connectivity index is 0.765. The van der Waals surface area contributed by atoms with Gasteiger partial charge in [0.2, 0.25) is 5.95 Å². The van der Waals surface area contributed by atoms with Crippen LogP contribution in [0.2, 0.25) is 0 Å². The Labute approximate surface area is 835 Å². The minimum atomic E-state index is -5.94. The van der Waals surface area contributed by atoms with E-state index < -0.39 is 256 Å². The van der Waals surface area contributed by atoms with E-state index in [4.69, 9.17) is 144 Å². The summed E-state index contributed by atoms with van der Waals surface area (Å²) in [5.41, 5.74) is 17.9. The molecule has 804 valence electrons. The highest BCUT2D eigenvalue weighted by Gasteiger charge is 2.59. The number of H-pyrrole nitrogens is 3. The van der Waals surface area contributed by atoms with Crippen LogP contribution in [0.3, 0.4) is 0 Å². The molecule has 145 heavy (non-hydrogen) atoms. The molecule has 69 heteroatoms. The van der Waals surface area contributed by atoms with Crippen molar-refractivity contribution >= 4 is 119 Å². The van der Waals surface area contributed by atoms with E-state index in [0.29, 0.717) is 11.1 Å². The fourth-order valence-corrected chi connectivity index (χ4v) is 22.9. The van der Waals surface area contributed by atoms with Crippen LogP contribution in [0.4, 0.5) is 23.4 Å². The van der Waals surface area contributed by atoms with Crippen LogP contribution >= 0.6 is 72.8 Å². The minimum Gasteiger partial charge on any atom is -0.387 e. The van der Waals surface area contributed by atoms with Crippen LogP contribution < -0.4 is 62.4 Å². The molecule has 11 unspecified atom stereocenters. The molecule has 0 saturated carbocycles. The maximum atomic E-state index is 15.7. The largest absolute Gasteiger partial charge is 0.472 e. The number of aliphatic hydroxyl groups excluding tert-OH is 1. The van der Waals surface area contributed by atoms with Gasteiger partial charge in [0.25, 0.3) is 16.7 Å². The number of aryl methyl sites for hydroxylation is 4. The molecule has 8 aromatic heterocycles. The minimum absolute atomic E-state index is 0.0117. The Morgan fingerprint density at radius 3 is 1.20 bits per heavy atom. The van der Waals surface area contributed by atoms with E-state index in [2.05, 4.69) is 86.6 Å². The summed E-state index contributed by atoms with van der Waals surface area (Å²) in [5, 5.41) is 11.8. The highest BCUT2D eigenvalue weighted by atomic mass is 32.7. The van der Waals surface area contributed by atoms with E-state index in [1.807, 2.05) is 0 Å². The van der Waals surface area contributed by atoms with E-state index in [9.17, 15) is 53.0 Å². The summed E-state index contributed by atoms with van der Waals surface area (Å²) in [7, 11) is -5.14. The first-order valence-corrected chi connectivity index (χ1v) is 55.4. The third-order valence-corrected chi connectivity index (χ3v) is 30.3. The molecular weight excluding hydrogens is 2100 g/mol. The van der Waals surface area contributed by atoms with Crippen LogP contribution in [0.15, 0.2) is 77.3 Å². The molecule has 0 spiro atoms. The van der Waals surface area contributed by atoms with Gasteiger partial charge in [0.05, 0.1) is 124 Å². The van der Waals surface area contributed by atoms with Gasteiger partial charge in [-0.15, -0.1) is 0 Å². The second kappa shape index (κ2) is 48.7. The molecular formula is C76H111N20O41P5S3. The molecule has 6 aliphatic heterocycles. The zero-order chi connectivity index (χ0) is 105. The van der Waals surface area contributed by atoms with Gasteiger partial charge in [-0.05, 0) is 34.1 Å². The highest BCUT2D eigenvalue weighted by molar-refractivity contribution is 8.45. The first-order valence-electron chi connectivity index (χ1n) is 44.3. The van der Waals surface area contributed by atoms with Gasteiger partial charge < -0.3 is 114 Å². The molecule has 6 saturated heterocycles. The number of fused-ring (bicyclic) bond motifs is 2. The summed E-state index contributed by atoms with van der Waals surface area (Å²) in [6, 6.07) is 0. The number of nitrogen functional groups attached to an aromatic ring is 4. The number of phosphoric ester groups is 2. The lowest BCUT2D eigenvalue weighted by Gasteiger charge is -2.29. The number of nitrogens with two attached hydrogens (primary N) is 4. The number of hydrogen-bond acceptors (Lipinski definition) is 50. The van der Waals surface area contributed by atoms with Crippen molar-refractivity contribution < 1.29 is 159 Å². The Bertz CT molecular complexity index is 6570. The van der Waals surface area contributed by atoms with E-state index in [-0.39, 0.29) is 130 Å². The second-order valence-corrected chi connectivity index (χ2v) is 44.7. The number of nitrogens with one attached hydrogen (secondary N) is 3. The lowest BCUT2D eigenvalue weighted by Crippen LogP contribution is -2.41. The van der Waals surface area contributed by atoms with E-state index in [0.717, 1.165) is 43.3 Å². The first-order chi connectivity index (χ1) is 68.9. The predicted molar refractivity (Wildman–Crippen MR) is 506 cm³/mol. The molecule has 0 aliphatic carbocycles. The van der Waals surface area contributed by atoms with Crippen LogP contribution in [0, 0.1) is 27.7 Å². The topological polar surface area (TPSA) is 777 Å². The number of methoxy groups -OCH3 is 5. The first kappa shape index (κ1) is 113. The van der Waals surface area contributed by atoms with Crippen LogP contribution in [0.25, 0.3) is 22.3 Å². The van der Waals surface area contributed by atoms with Crippen molar-refractivity contribution in [2.75, 3.05) is 158 Å². The van der Waals surface area contributed by atoms with E-state index >= 15 is 18.3 Å². The molecule has 14 N–H and O–H groups in total. The van der Waals surface area contributed by atoms with Crippen molar-refractivity contribution in [3.05, 3.63) is 139 Å². The average molecular weight is 2210 g/mol. The Hall–Kier alpha value is -7.74. The summed E-state index contributed by atoms with van der Waals surface area (Å²) in [6.45, 7) is -14.9. The van der Waals surface area contributed by atoms with E-state index in [1.165, 1.54) is 77.3 Å². The number of phosphoric acid groups is 2. The molecule has 0 amide bonds. The lowest BCUT2D eigenvalue weighted by molar-refractivity contribution is -0.0833. The predicted octanol–water partition coefficient (Wildman–Crippen LogP) is 0.163. The Morgan fingerprint density at radius 1 is 0.393 bits per heavy atom. The second-order valence-electron chi connectivity index (χ2n) is 33.3. The molecule has 0 aromatic carbocycles. The van der Waals surface area contributed by atoms with Crippen molar-refractivity contribution in [1.29, 1.82) is 0 Å². The SMILES string of the molecule is CC[C@H]1O[C@@H](n2cc(C)c(N)nc2=O)CC1OP(=O)(S)OC[C@H]1O[C@@H](n2cc(C)c(=O)[nH]c2=O)[C@@H](OCCOC)C1OP(=O)(O)OC[C@H]1O[C@@H](n2cnc3c(N)ncnc32)[C@@H](OCCOC)C1OP(=O)(O)OC[C@H]1O[C@@H](n2cnc3c(=O)[nH]c(N)nc32)[C@@H](OCCOC)C1OP(=O)(S)OC[C@H]1O[C@@H](n2cc(C)c(=O)[nH]c2=O)[C@@H](OCCOC)C1OP(=O)(S)OC[C@H]1O[C@@H](n2cc(C)c(N)nc2=O)[C@@H](OCCOC)C1O. The van der Waals surface area contributed by atoms with Crippen molar-refractivity contribution in [2.24, 2.45) is 0 Å². The number of imidazole rings is 2. The summed E-state index contributed by atoms with van der Waals surface area (Å²) in [4.78, 5) is 154. The molecule has 0 bridgehead atoms. The third-order valence-electron chi connectivity index (χ3n) is 23.5. The van der Waals surface area contributed by atoms with Crippen molar-refractivity contribution in [3.8, 4) is 0 Å². The molecule has 0 radical (unpaired) electrons. The molecule has 14 heterocycles. The molecule has 6 aliphatic rings.